The molecule has 3 heteroatoms. The van der Waals surface area contributed by atoms with E-state index >= 15 is 0 Å². The third kappa shape index (κ3) is 1.83. The zero-order valence-electron chi connectivity index (χ0n) is 8.28. The van der Waals surface area contributed by atoms with E-state index in [4.69, 9.17) is 10.2 Å². The van der Waals surface area contributed by atoms with Crippen molar-refractivity contribution in [3.63, 3.8) is 0 Å². The fourth-order valence-electron chi connectivity index (χ4n) is 2.17. The molecule has 0 radical (unpaired) electrons. The molecule has 2 rings (SSSR count). The van der Waals surface area contributed by atoms with Crippen molar-refractivity contribution < 1.29 is 9.52 Å². The number of rotatable bonds is 2. The van der Waals surface area contributed by atoms with Gasteiger partial charge in [0.25, 0.3) is 0 Å². The summed E-state index contributed by atoms with van der Waals surface area (Å²) in [5.74, 6) is 1.51. The van der Waals surface area contributed by atoms with Crippen molar-refractivity contribution in [3.05, 3.63) is 24.2 Å². The molecule has 3 N–H and O–H groups in total. The Labute approximate surface area is 83.9 Å². The number of furan rings is 1. The van der Waals surface area contributed by atoms with Crippen LogP contribution in [0.25, 0.3) is 0 Å². The van der Waals surface area contributed by atoms with E-state index in [0.717, 1.165) is 31.4 Å². The zero-order valence-corrected chi connectivity index (χ0v) is 8.28. The van der Waals surface area contributed by atoms with Crippen LogP contribution in [0.1, 0.15) is 37.4 Å². The van der Waals surface area contributed by atoms with Gasteiger partial charge in [0.15, 0.2) is 0 Å². The van der Waals surface area contributed by atoms with Gasteiger partial charge in [-0.3, -0.25) is 0 Å². The smallest absolute Gasteiger partial charge is 0.106 e. The van der Waals surface area contributed by atoms with Gasteiger partial charge in [-0.05, 0) is 37.8 Å². The number of hydrogen-bond acceptors (Lipinski definition) is 3. The van der Waals surface area contributed by atoms with Crippen molar-refractivity contribution >= 4 is 0 Å². The van der Waals surface area contributed by atoms with Crippen molar-refractivity contribution in [2.75, 3.05) is 6.54 Å². The normalized spacial score (nSPS) is 33.1. The van der Waals surface area contributed by atoms with E-state index in [9.17, 15) is 5.11 Å². The maximum absolute atomic E-state index is 9.94. The zero-order chi connectivity index (χ0) is 10.0. The van der Waals surface area contributed by atoms with Crippen molar-refractivity contribution in [1.29, 1.82) is 0 Å². The lowest BCUT2D eigenvalue weighted by molar-refractivity contribution is 0.00599. The van der Waals surface area contributed by atoms with Gasteiger partial charge in [-0.2, -0.15) is 0 Å². The fourth-order valence-corrected chi connectivity index (χ4v) is 2.17. The van der Waals surface area contributed by atoms with Gasteiger partial charge in [0.05, 0.1) is 11.9 Å². The van der Waals surface area contributed by atoms with Gasteiger partial charge in [0.1, 0.15) is 5.76 Å². The second-order valence-electron chi connectivity index (χ2n) is 4.22. The Bertz CT molecular complexity index is 273. The molecule has 1 aromatic rings. The molecule has 0 unspecified atom stereocenters. The molecule has 0 aliphatic heterocycles. The second-order valence-corrected chi connectivity index (χ2v) is 4.22. The van der Waals surface area contributed by atoms with Gasteiger partial charge in [-0.25, -0.2) is 0 Å². The quantitative estimate of drug-likeness (QED) is 0.754. The minimum atomic E-state index is -0.622. The summed E-state index contributed by atoms with van der Waals surface area (Å²) in [6, 6.07) is 3.93. The van der Waals surface area contributed by atoms with E-state index in [-0.39, 0.29) is 0 Å². The Morgan fingerprint density at radius 1 is 1.50 bits per heavy atom. The molecule has 0 bridgehead atoms. The maximum Gasteiger partial charge on any atom is 0.106 e. The van der Waals surface area contributed by atoms with Crippen molar-refractivity contribution in [2.45, 2.75) is 37.2 Å². The molecule has 1 aliphatic carbocycles. The van der Waals surface area contributed by atoms with Crippen LogP contribution in [0, 0.1) is 0 Å². The lowest BCUT2D eigenvalue weighted by atomic mass is 9.78. The van der Waals surface area contributed by atoms with Gasteiger partial charge >= 0.3 is 0 Å². The largest absolute Gasteiger partial charge is 0.469 e. The van der Waals surface area contributed by atoms with Crippen molar-refractivity contribution in [2.24, 2.45) is 5.73 Å². The van der Waals surface area contributed by atoms with Crippen LogP contribution in [0.2, 0.25) is 0 Å². The standard InChI is InChI=1S/C11H17NO2/c12-8-11(13)5-3-9(4-6-11)10-2-1-7-14-10/h1-2,7,9,13H,3-6,8,12H2. The van der Waals surface area contributed by atoms with Gasteiger partial charge in [0.2, 0.25) is 0 Å². The summed E-state index contributed by atoms with van der Waals surface area (Å²) >= 11 is 0. The predicted molar refractivity (Wildman–Crippen MR) is 53.9 cm³/mol. The molecular weight excluding hydrogens is 178 g/mol. The Morgan fingerprint density at radius 2 is 2.21 bits per heavy atom. The topological polar surface area (TPSA) is 59.4 Å². The number of aliphatic hydroxyl groups is 1. The first-order chi connectivity index (χ1) is 6.73. The Hall–Kier alpha value is -0.800. The SMILES string of the molecule is NCC1(O)CCC(c2ccco2)CC1. The molecule has 14 heavy (non-hydrogen) atoms. The first-order valence-electron chi connectivity index (χ1n) is 5.19. The van der Waals surface area contributed by atoms with E-state index < -0.39 is 5.60 Å². The molecule has 1 saturated carbocycles. The molecule has 0 saturated heterocycles. The van der Waals surface area contributed by atoms with Crippen LogP contribution in [0.5, 0.6) is 0 Å². The van der Waals surface area contributed by atoms with Crippen molar-refractivity contribution in [3.8, 4) is 0 Å². The maximum atomic E-state index is 9.94. The van der Waals surface area contributed by atoms with Gasteiger partial charge in [0, 0.05) is 12.5 Å². The van der Waals surface area contributed by atoms with Crippen LogP contribution in [-0.2, 0) is 0 Å². The molecule has 1 heterocycles. The third-order valence-corrected chi connectivity index (χ3v) is 3.24. The summed E-state index contributed by atoms with van der Waals surface area (Å²) in [5, 5.41) is 9.94. The Kier molecular flexibility index (Phi) is 2.61. The average Bonchev–Trinajstić information content (AvgIpc) is 2.72. The van der Waals surface area contributed by atoms with Gasteiger partial charge in [-0.1, -0.05) is 0 Å². The highest BCUT2D eigenvalue weighted by Gasteiger charge is 2.33. The fraction of sp³-hybridized carbons (Fsp3) is 0.636. The van der Waals surface area contributed by atoms with Gasteiger partial charge in [-0.15, -0.1) is 0 Å². The molecule has 0 amide bonds. The molecule has 1 fully saturated rings. The van der Waals surface area contributed by atoms with Crippen LogP contribution in [0.3, 0.4) is 0 Å². The third-order valence-electron chi connectivity index (χ3n) is 3.24. The molecule has 78 valence electrons. The number of nitrogens with two attached hydrogens (primary N) is 1. The first-order valence-corrected chi connectivity index (χ1v) is 5.19. The Morgan fingerprint density at radius 3 is 2.71 bits per heavy atom. The molecule has 1 aliphatic rings. The summed E-state index contributed by atoms with van der Waals surface area (Å²) in [7, 11) is 0. The summed E-state index contributed by atoms with van der Waals surface area (Å²) < 4.78 is 5.36. The number of hydrogen-bond donors (Lipinski definition) is 2. The second kappa shape index (κ2) is 3.75. The molecule has 3 nitrogen and oxygen atoms in total. The molecule has 0 atom stereocenters. The highest BCUT2D eigenvalue weighted by molar-refractivity contribution is 5.07. The van der Waals surface area contributed by atoms with E-state index in [1.807, 2.05) is 12.1 Å². The highest BCUT2D eigenvalue weighted by atomic mass is 16.3. The monoisotopic (exact) mass is 195 g/mol. The predicted octanol–water partition coefficient (Wildman–Crippen LogP) is 1.63. The molecule has 0 spiro atoms. The van der Waals surface area contributed by atoms with E-state index in [1.165, 1.54) is 0 Å². The van der Waals surface area contributed by atoms with Crippen molar-refractivity contribution in [1.82, 2.24) is 0 Å². The minimum absolute atomic E-state index is 0.373. The summed E-state index contributed by atoms with van der Waals surface area (Å²) in [6.45, 7) is 0.373. The first kappa shape index (κ1) is 9.74. The highest BCUT2D eigenvalue weighted by Crippen LogP contribution is 2.37. The summed E-state index contributed by atoms with van der Waals surface area (Å²) in [6.07, 6.45) is 5.23. The van der Waals surface area contributed by atoms with Crippen LogP contribution in [-0.4, -0.2) is 17.3 Å². The van der Waals surface area contributed by atoms with E-state index in [0.29, 0.717) is 12.5 Å². The summed E-state index contributed by atoms with van der Waals surface area (Å²) in [4.78, 5) is 0. The Balaban J connectivity index is 1.97. The van der Waals surface area contributed by atoms with Crippen LogP contribution in [0.4, 0.5) is 0 Å². The van der Waals surface area contributed by atoms with Crippen LogP contribution in [0.15, 0.2) is 22.8 Å². The lowest BCUT2D eigenvalue weighted by Gasteiger charge is -2.34. The minimum Gasteiger partial charge on any atom is -0.469 e. The van der Waals surface area contributed by atoms with Crippen LogP contribution >= 0.6 is 0 Å². The molecule has 0 aromatic carbocycles. The van der Waals surface area contributed by atoms with E-state index in [1.54, 1.807) is 6.26 Å². The average molecular weight is 195 g/mol. The van der Waals surface area contributed by atoms with Gasteiger partial charge < -0.3 is 15.3 Å². The molecular formula is C11H17NO2. The van der Waals surface area contributed by atoms with E-state index in [2.05, 4.69) is 0 Å². The summed E-state index contributed by atoms with van der Waals surface area (Å²) in [5.41, 5.74) is 4.91. The molecule has 1 aromatic heterocycles. The lowest BCUT2D eigenvalue weighted by Crippen LogP contribution is -2.40. The van der Waals surface area contributed by atoms with Crippen LogP contribution < -0.4 is 5.73 Å².